The fraction of sp³-hybridized carbons (Fsp3) is 0.333. The second-order valence-electron chi connectivity index (χ2n) is 4.11. The first kappa shape index (κ1) is 11.9. The van der Waals surface area contributed by atoms with Crippen LogP contribution < -0.4 is 10.0 Å². The van der Waals surface area contributed by atoms with Crippen LogP contribution in [0.15, 0.2) is 18.2 Å². The molecular weight excluding hydrogens is 242 g/mol. The zero-order chi connectivity index (χ0) is 12.6. The van der Waals surface area contributed by atoms with Crippen LogP contribution in [0.5, 0.6) is 0 Å². The van der Waals surface area contributed by atoms with E-state index in [0.717, 1.165) is 5.56 Å². The molecule has 0 N–H and O–H groups in total. The standard InChI is InChI=1S/C12H12ClNO3/c1-7-9(13)3-2-4-10(7)14-6-8(12(16)17)5-11(14)15/h2-4,8H,5-6H2,1H3,(H,16,17)/p-1/t8-/m1/s1. The summed E-state index contributed by atoms with van der Waals surface area (Å²) in [5.74, 6) is -2.12. The number of carbonyl (C=O) groups excluding carboxylic acids is 2. The molecule has 5 heteroatoms. The molecule has 4 nitrogen and oxygen atoms in total. The molecule has 1 amide bonds. The van der Waals surface area contributed by atoms with Crippen LogP contribution in [0, 0.1) is 12.8 Å². The maximum Gasteiger partial charge on any atom is 0.227 e. The van der Waals surface area contributed by atoms with Gasteiger partial charge < -0.3 is 14.8 Å². The molecule has 0 bridgehead atoms. The number of carboxylic acids is 1. The summed E-state index contributed by atoms with van der Waals surface area (Å²) in [6.45, 7) is 1.96. The summed E-state index contributed by atoms with van der Waals surface area (Å²) in [6.07, 6.45) is -0.00567. The van der Waals surface area contributed by atoms with Crippen molar-refractivity contribution in [2.75, 3.05) is 11.4 Å². The van der Waals surface area contributed by atoms with E-state index in [-0.39, 0.29) is 18.9 Å². The number of nitrogens with zero attached hydrogens (tertiary/aromatic N) is 1. The molecule has 1 aromatic carbocycles. The third-order valence-corrected chi connectivity index (χ3v) is 3.40. The summed E-state index contributed by atoms with van der Waals surface area (Å²) in [6, 6.07) is 5.23. The van der Waals surface area contributed by atoms with Gasteiger partial charge in [0.1, 0.15) is 0 Å². The first-order valence-corrected chi connectivity index (χ1v) is 5.65. The average Bonchev–Trinajstić information content (AvgIpc) is 2.65. The van der Waals surface area contributed by atoms with Gasteiger partial charge in [-0.3, -0.25) is 4.79 Å². The molecule has 1 atom stereocenters. The number of carbonyl (C=O) groups is 2. The molecular formula is C12H11ClNO3-. The SMILES string of the molecule is Cc1c(Cl)cccc1N1C[C@H](C(=O)[O-])CC1=O. The average molecular weight is 253 g/mol. The molecule has 1 saturated heterocycles. The third-order valence-electron chi connectivity index (χ3n) is 2.99. The summed E-state index contributed by atoms with van der Waals surface area (Å²) < 4.78 is 0. The molecule has 1 fully saturated rings. The second-order valence-corrected chi connectivity index (χ2v) is 4.52. The van der Waals surface area contributed by atoms with Crippen LogP contribution in [-0.2, 0) is 9.59 Å². The van der Waals surface area contributed by atoms with E-state index in [2.05, 4.69) is 0 Å². The van der Waals surface area contributed by atoms with E-state index in [9.17, 15) is 14.7 Å². The minimum Gasteiger partial charge on any atom is -0.550 e. The Bertz CT molecular complexity index is 487. The van der Waals surface area contributed by atoms with Gasteiger partial charge in [-0.2, -0.15) is 0 Å². The lowest BCUT2D eigenvalue weighted by Crippen LogP contribution is -2.33. The van der Waals surface area contributed by atoms with E-state index in [1.165, 1.54) is 4.90 Å². The molecule has 0 radical (unpaired) electrons. The van der Waals surface area contributed by atoms with E-state index in [1.54, 1.807) is 25.1 Å². The van der Waals surface area contributed by atoms with Crippen molar-refractivity contribution in [2.24, 2.45) is 5.92 Å². The molecule has 1 aliphatic rings. The van der Waals surface area contributed by atoms with Crippen LogP contribution >= 0.6 is 11.6 Å². The van der Waals surface area contributed by atoms with Crippen molar-refractivity contribution < 1.29 is 14.7 Å². The molecule has 2 rings (SSSR count). The van der Waals surface area contributed by atoms with Crippen molar-refractivity contribution in [3.63, 3.8) is 0 Å². The summed E-state index contributed by atoms with van der Waals surface area (Å²) in [5.41, 5.74) is 1.45. The van der Waals surface area contributed by atoms with E-state index >= 15 is 0 Å². The fourth-order valence-electron chi connectivity index (χ4n) is 1.99. The molecule has 0 saturated carbocycles. The molecule has 90 valence electrons. The van der Waals surface area contributed by atoms with Crippen LogP contribution in [0.25, 0.3) is 0 Å². The van der Waals surface area contributed by atoms with Gasteiger partial charge in [-0.1, -0.05) is 17.7 Å². The van der Waals surface area contributed by atoms with Crippen molar-refractivity contribution in [1.82, 2.24) is 0 Å². The summed E-state index contributed by atoms with van der Waals surface area (Å²) in [7, 11) is 0. The first-order valence-electron chi connectivity index (χ1n) is 5.27. The summed E-state index contributed by atoms with van der Waals surface area (Å²) >= 11 is 5.97. The van der Waals surface area contributed by atoms with Gasteiger partial charge in [-0.05, 0) is 24.6 Å². The van der Waals surface area contributed by atoms with Crippen molar-refractivity contribution in [2.45, 2.75) is 13.3 Å². The van der Waals surface area contributed by atoms with Crippen LogP contribution in [0.3, 0.4) is 0 Å². The first-order chi connectivity index (χ1) is 8.00. The highest BCUT2D eigenvalue weighted by atomic mass is 35.5. The number of anilines is 1. The van der Waals surface area contributed by atoms with E-state index in [4.69, 9.17) is 11.6 Å². The predicted octanol–water partition coefficient (Wildman–Crippen LogP) is 0.751. The Balaban J connectivity index is 2.32. The Hall–Kier alpha value is -1.55. The molecule has 0 unspecified atom stereocenters. The topological polar surface area (TPSA) is 60.4 Å². The van der Waals surface area contributed by atoms with Crippen LogP contribution in [0.4, 0.5) is 5.69 Å². The summed E-state index contributed by atoms with van der Waals surface area (Å²) in [4.78, 5) is 24.0. The Morgan fingerprint density at radius 2 is 2.24 bits per heavy atom. The summed E-state index contributed by atoms with van der Waals surface area (Å²) in [5, 5.41) is 11.3. The van der Waals surface area contributed by atoms with Crippen LogP contribution in [0.1, 0.15) is 12.0 Å². The molecule has 0 spiro atoms. The predicted molar refractivity (Wildman–Crippen MR) is 61.7 cm³/mol. The minimum atomic E-state index is -1.18. The van der Waals surface area contributed by atoms with Gasteiger partial charge in [0.15, 0.2) is 0 Å². The van der Waals surface area contributed by atoms with Gasteiger partial charge in [0.2, 0.25) is 5.91 Å². The lowest BCUT2D eigenvalue weighted by atomic mass is 10.1. The Kier molecular flexibility index (Phi) is 3.07. The number of hydrogen-bond donors (Lipinski definition) is 0. The van der Waals surface area contributed by atoms with Gasteiger partial charge in [-0.25, -0.2) is 0 Å². The number of benzene rings is 1. The van der Waals surface area contributed by atoms with Gasteiger partial charge in [0, 0.05) is 35.6 Å². The smallest absolute Gasteiger partial charge is 0.227 e. The lowest BCUT2D eigenvalue weighted by Gasteiger charge is -2.20. The molecule has 0 aromatic heterocycles. The zero-order valence-electron chi connectivity index (χ0n) is 9.27. The van der Waals surface area contributed by atoms with Gasteiger partial charge in [0.05, 0.1) is 0 Å². The van der Waals surface area contributed by atoms with Gasteiger partial charge in [-0.15, -0.1) is 0 Å². The van der Waals surface area contributed by atoms with Crippen molar-refractivity contribution in [3.8, 4) is 0 Å². The molecule has 1 aromatic rings. The lowest BCUT2D eigenvalue weighted by molar-refractivity contribution is -0.310. The number of amides is 1. The van der Waals surface area contributed by atoms with Crippen LogP contribution in [-0.4, -0.2) is 18.4 Å². The maximum absolute atomic E-state index is 11.7. The van der Waals surface area contributed by atoms with Crippen molar-refractivity contribution in [3.05, 3.63) is 28.8 Å². The number of aliphatic carboxylic acids is 1. The quantitative estimate of drug-likeness (QED) is 0.780. The Labute approximate surface area is 104 Å². The number of rotatable bonds is 2. The Morgan fingerprint density at radius 1 is 1.53 bits per heavy atom. The van der Waals surface area contributed by atoms with Gasteiger partial charge in [0.25, 0.3) is 0 Å². The fourth-order valence-corrected chi connectivity index (χ4v) is 2.16. The monoisotopic (exact) mass is 252 g/mol. The van der Waals surface area contributed by atoms with E-state index in [1.807, 2.05) is 0 Å². The number of halogens is 1. The Morgan fingerprint density at radius 3 is 2.82 bits per heavy atom. The largest absolute Gasteiger partial charge is 0.550 e. The van der Waals surface area contributed by atoms with Gasteiger partial charge >= 0.3 is 0 Å². The molecule has 17 heavy (non-hydrogen) atoms. The second kappa shape index (κ2) is 4.37. The number of hydrogen-bond acceptors (Lipinski definition) is 3. The van der Waals surface area contributed by atoms with E-state index in [0.29, 0.717) is 10.7 Å². The zero-order valence-corrected chi connectivity index (χ0v) is 10.0. The molecule has 1 heterocycles. The van der Waals surface area contributed by atoms with E-state index < -0.39 is 11.9 Å². The van der Waals surface area contributed by atoms with Crippen molar-refractivity contribution in [1.29, 1.82) is 0 Å². The van der Waals surface area contributed by atoms with Crippen LogP contribution in [0.2, 0.25) is 5.02 Å². The maximum atomic E-state index is 11.7. The minimum absolute atomic E-state index is 0.00567. The highest BCUT2D eigenvalue weighted by molar-refractivity contribution is 6.31. The number of carboxylic acid groups (broad SMARTS) is 1. The highest BCUT2D eigenvalue weighted by Gasteiger charge is 2.32. The normalized spacial score (nSPS) is 19.8. The molecule has 1 aliphatic heterocycles. The van der Waals surface area contributed by atoms with Crippen molar-refractivity contribution >= 4 is 29.2 Å². The highest BCUT2D eigenvalue weighted by Crippen LogP contribution is 2.31. The molecule has 0 aliphatic carbocycles. The third kappa shape index (κ3) is 2.13.